The predicted octanol–water partition coefficient (Wildman–Crippen LogP) is 1.28. The molecule has 5 nitrogen and oxygen atoms in total. The Kier molecular flexibility index (Phi) is 3.30. The number of rotatable bonds is 3. The van der Waals surface area contributed by atoms with E-state index in [2.05, 4.69) is 4.74 Å². The van der Waals surface area contributed by atoms with E-state index in [1.165, 1.54) is 26.4 Å². The number of benzene rings is 1. The minimum absolute atomic E-state index is 0.217. The number of anilines is 1. The van der Waals surface area contributed by atoms with Crippen molar-refractivity contribution in [2.75, 3.05) is 19.7 Å². The fourth-order valence-corrected chi connectivity index (χ4v) is 1.03. The summed E-state index contributed by atoms with van der Waals surface area (Å²) in [6.45, 7) is 0. The molecule has 0 spiro atoms. The normalized spacial score (nSPS) is 9.36. The van der Waals surface area contributed by atoms with Crippen LogP contribution in [0.1, 0.15) is 10.4 Å². The van der Waals surface area contributed by atoms with Gasteiger partial charge in [0.2, 0.25) is 0 Å². The first-order chi connectivity index (χ1) is 6.72. The van der Waals surface area contributed by atoms with Crippen LogP contribution in [0.4, 0.5) is 5.69 Å². The number of hydrogen-bond donors (Lipinski definition) is 2. The largest absolute Gasteiger partial charge is 0.497 e. The molecule has 14 heavy (non-hydrogen) atoms. The lowest BCUT2D eigenvalue weighted by atomic mass is 10.2. The summed E-state index contributed by atoms with van der Waals surface area (Å²) in [5.74, 6) is -0.0233. The zero-order valence-corrected chi connectivity index (χ0v) is 7.90. The van der Waals surface area contributed by atoms with Crippen molar-refractivity contribution >= 4 is 11.7 Å². The molecule has 1 aromatic rings. The summed E-state index contributed by atoms with van der Waals surface area (Å²) in [6, 6.07) is 4.61. The first kappa shape index (κ1) is 10.3. The Balaban J connectivity index is 3.14. The van der Waals surface area contributed by atoms with Crippen LogP contribution in [0.5, 0.6) is 5.75 Å². The fourth-order valence-electron chi connectivity index (χ4n) is 1.03. The Morgan fingerprint density at radius 1 is 1.43 bits per heavy atom. The number of ether oxygens (including phenoxy) is 2. The number of carbonyl (C=O) groups is 1. The van der Waals surface area contributed by atoms with Crippen molar-refractivity contribution in [3.8, 4) is 5.75 Å². The average molecular weight is 197 g/mol. The molecule has 2 N–H and O–H groups in total. The molecular formula is C9H11NO4. The van der Waals surface area contributed by atoms with Gasteiger partial charge >= 0.3 is 5.97 Å². The van der Waals surface area contributed by atoms with Crippen molar-refractivity contribution < 1.29 is 19.5 Å². The highest BCUT2D eigenvalue weighted by Gasteiger charge is 2.12. The Hall–Kier alpha value is -1.75. The second-order valence-electron chi connectivity index (χ2n) is 2.51. The molecule has 5 heteroatoms. The Labute approximate surface area is 81.2 Å². The fraction of sp³-hybridized carbons (Fsp3) is 0.222. The standard InChI is InChI=1S/C9H11NO4/c1-13-6-3-4-8(10-12)7(5-6)9(11)14-2/h3-5,10,12H,1-2H3. The summed E-state index contributed by atoms with van der Waals surface area (Å²) < 4.78 is 9.46. The maximum Gasteiger partial charge on any atom is 0.340 e. The second kappa shape index (κ2) is 4.48. The molecule has 0 atom stereocenters. The van der Waals surface area contributed by atoms with Crippen LogP contribution < -0.4 is 10.2 Å². The van der Waals surface area contributed by atoms with Gasteiger partial charge in [-0.05, 0) is 18.2 Å². The quantitative estimate of drug-likeness (QED) is 0.564. The Bertz CT molecular complexity index is 338. The minimum atomic E-state index is -0.541. The van der Waals surface area contributed by atoms with E-state index in [-0.39, 0.29) is 11.3 Å². The highest BCUT2D eigenvalue weighted by atomic mass is 16.5. The van der Waals surface area contributed by atoms with E-state index in [9.17, 15) is 4.79 Å². The third-order valence-electron chi connectivity index (χ3n) is 1.75. The van der Waals surface area contributed by atoms with E-state index < -0.39 is 5.97 Å². The van der Waals surface area contributed by atoms with Gasteiger partial charge in [-0.2, -0.15) is 0 Å². The summed E-state index contributed by atoms with van der Waals surface area (Å²) in [5.41, 5.74) is 2.40. The molecule has 0 saturated carbocycles. The van der Waals surface area contributed by atoms with Crippen LogP contribution in [0.25, 0.3) is 0 Å². The predicted molar refractivity (Wildman–Crippen MR) is 49.7 cm³/mol. The maximum atomic E-state index is 11.2. The molecule has 1 rings (SSSR count). The van der Waals surface area contributed by atoms with Gasteiger partial charge in [-0.1, -0.05) is 0 Å². The van der Waals surface area contributed by atoms with Crippen molar-refractivity contribution in [2.45, 2.75) is 0 Å². The lowest BCUT2D eigenvalue weighted by molar-refractivity contribution is 0.0600. The third kappa shape index (κ3) is 1.94. The summed E-state index contributed by atoms with van der Waals surface area (Å²) in [7, 11) is 2.76. The van der Waals surface area contributed by atoms with E-state index in [0.717, 1.165) is 0 Å². The summed E-state index contributed by atoms with van der Waals surface area (Å²) in [4.78, 5) is 11.2. The van der Waals surface area contributed by atoms with Crippen molar-refractivity contribution in [2.24, 2.45) is 0 Å². The third-order valence-corrected chi connectivity index (χ3v) is 1.75. The van der Waals surface area contributed by atoms with E-state index in [4.69, 9.17) is 9.94 Å². The van der Waals surface area contributed by atoms with Crippen molar-refractivity contribution in [1.82, 2.24) is 0 Å². The zero-order valence-electron chi connectivity index (χ0n) is 7.90. The number of hydrogen-bond acceptors (Lipinski definition) is 5. The topological polar surface area (TPSA) is 67.8 Å². The van der Waals surface area contributed by atoms with Gasteiger partial charge < -0.3 is 9.47 Å². The van der Waals surface area contributed by atoms with Gasteiger partial charge in [-0.3, -0.25) is 10.7 Å². The highest BCUT2D eigenvalue weighted by Crippen LogP contribution is 2.22. The Morgan fingerprint density at radius 3 is 2.64 bits per heavy atom. The summed E-state index contributed by atoms with van der Waals surface area (Å²) in [6.07, 6.45) is 0. The highest BCUT2D eigenvalue weighted by molar-refractivity contribution is 5.95. The van der Waals surface area contributed by atoms with E-state index in [0.29, 0.717) is 5.75 Å². The van der Waals surface area contributed by atoms with Crippen LogP contribution in [0, 0.1) is 0 Å². The molecule has 0 amide bonds. The molecule has 0 heterocycles. The van der Waals surface area contributed by atoms with Gasteiger partial charge in [-0.25, -0.2) is 4.79 Å². The van der Waals surface area contributed by atoms with Crippen LogP contribution in [-0.4, -0.2) is 25.4 Å². The number of nitrogens with one attached hydrogen (secondary N) is 1. The molecule has 0 saturated heterocycles. The SMILES string of the molecule is COC(=O)c1cc(OC)ccc1NO. The van der Waals surface area contributed by atoms with Gasteiger partial charge in [-0.15, -0.1) is 0 Å². The van der Waals surface area contributed by atoms with Gasteiger partial charge in [0.05, 0.1) is 25.5 Å². The van der Waals surface area contributed by atoms with Crippen LogP contribution in [0.2, 0.25) is 0 Å². The first-order valence-electron chi connectivity index (χ1n) is 3.89. The lowest BCUT2D eigenvalue weighted by Gasteiger charge is -2.07. The van der Waals surface area contributed by atoms with Gasteiger partial charge in [0.15, 0.2) is 0 Å². The van der Waals surface area contributed by atoms with Crippen LogP contribution in [0.3, 0.4) is 0 Å². The van der Waals surface area contributed by atoms with E-state index in [1.54, 1.807) is 6.07 Å². The molecule has 76 valence electrons. The molecule has 1 aromatic carbocycles. The molecule has 0 unspecified atom stereocenters. The molecular weight excluding hydrogens is 186 g/mol. The molecule has 0 aromatic heterocycles. The van der Waals surface area contributed by atoms with Crippen molar-refractivity contribution in [3.05, 3.63) is 23.8 Å². The molecule has 0 radical (unpaired) electrons. The second-order valence-corrected chi connectivity index (χ2v) is 2.51. The first-order valence-corrected chi connectivity index (χ1v) is 3.89. The van der Waals surface area contributed by atoms with Crippen molar-refractivity contribution in [3.63, 3.8) is 0 Å². The van der Waals surface area contributed by atoms with Crippen molar-refractivity contribution in [1.29, 1.82) is 0 Å². The summed E-state index contributed by atoms with van der Waals surface area (Å²) >= 11 is 0. The van der Waals surface area contributed by atoms with Crippen LogP contribution in [-0.2, 0) is 4.74 Å². The number of esters is 1. The maximum absolute atomic E-state index is 11.2. The van der Waals surface area contributed by atoms with E-state index >= 15 is 0 Å². The monoisotopic (exact) mass is 197 g/mol. The number of methoxy groups -OCH3 is 2. The Morgan fingerprint density at radius 2 is 2.14 bits per heavy atom. The van der Waals surface area contributed by atoms with E-state index in [1.807, 2.05) is 5.48 Å². The van der Waals surface area contributed by atoms with Crippen LogP contribution >= 0.6 is 0 Å². The smallest absolute Gasteiger partial charge is 0.340 e. The molecule has 0 aliphatic rings. The minimum Gasteiger partial charge on any atom is -0.497 e. The molecule has 0 bridgehead atoms. The zero-order chi connectivity index (χ0) is 10.6. The van der Waals surface area contributed by atoms with Gasteiger partial charge in [0.1, 0.15) is 5.75 Å². The molecule has 0 aliphatic heterocycles. The van der Waals surface area contributed by atoms with Gasteiger partial charge in [0, 0.05) is 0 Å². The lowest BCUT2D eigenvalue weighted by Crippen LogP contribution is -2.06. The van der Waals surface area contributed by atoms with Crippen LogP contribution in [0.15, 0.2) is 18.2 Å². The number of carbonyl (C=O) groups excluding carboxylic acids is 1. The molecule has 0 aliphatic carbocycles. The molecule has 0 fully saturated rings. The van der Waals surface area contributed by atoms with Gasteiger partial charge in [0.25, 0.3) is 0 Å². The average Bonchev–Trinajstić information content (AvgIpc) is 2.27. The summed E-state index contributed by atoms with van der Waals surface area (Å²) in [5, 5.41) is 8.73.